The summed E-state index contributed by atoms with van der Waals surface area (Å²) in [6, 6.07) is 2.95. The highest BCUT2D eigenvalue weighted by Gasteiger charge is 2.16. The Labute approximate surface area is 138 Å². The fourth-order valence-corrected chi connectivity index (χ4v) is 2.66. The molecule has 1 aromatic carbocycles. The summed E-state index contributed by atoms with van der Waals surface area (Å²) in [7, 11) is -0.900. The lowest BCUT2D eigenvalue weighted by molar-refractivity contribution is -0.150. The number of nitrogens with one attached hydrogen (secondary N) is 1. The summed E-state index contributed by atoms with van der Waals surface area (Å²) in [4.78, 5) is 23.6. The molecule has 0 aromatic heterocycles. The summed E-state index contributed by atoms with van der Waals surface area (Å²) in [5.74, 6) is -1.85. The van der Waals surface area contributed by atoms with E-state index in [1.54, 1.807) is 0 Å². The zero-order valence-electron chi connectivity index (χ0n) is 12.5. The van der Waals surface area contributed by atoms with Crippen LogP contribution in [0, 0.1) is 5.82 Å². The first-order valence-corrected chi connectivity index (χ1v) is 8.30. The van der Waals surface area contributed by atoms with Gasteiger partial charge in [0.1, 0.15) is 5.82 Å². The van der Waals surface area contributed by atoms with Crippen molar-refractivity contribution in [1.82, 2.24) is 9.62 Å². The Kier molecular flexibility index (Phi) is 6.92. The minimum absolute atomic E-state index is 0.222. The summed E-state index contributed by atoms with van der Waals surface area (Å²) >= 11 is 5.52. The van der Waals surface area contributed by atoms with E-state index in [1.807, 2.05) is 0 Å². The Bertz CT molecular complexity index is 694. The van der Waals surface area contributed by atoms with E-state index in [0.29, 0.717) is 0 Å². The van der Waals surface area contributed by atoms with Crippen molar-refractivity contribution >= 4 is 33.5 Å². The molecule has 0 radical (unpaired) electrons. The number of likely N-dealkylation sites (N-methyl/N-ethyl adjacent to an activating group) is 1. The third-order valence-corrected chi connectivity index (χ3v) is 4.43. The number of esters is 1. The Morgan fingerprint density at radius 2 is 2.00 bits per heavy atom. The predicted octanol–water partition coefficient (Wildman–Crippen LogP) is 0.779. The van der Waals surface area contributed by atoms with Crippen LogP contribution in [0.15, 0.2) is 23.1 Å². The minimum atomic E-state index is -3.92. The number of rotatable bonds is 7. The second-order valence-corrected chi connectivity index (χ2v) is 6.85. The quantitative estimate of drug-likeness (QED) is 0.720. The minimum Gasteiger partial charge on any atom is -0.456 e. The van der Waals surface area contributed by atoms with Crippen molar-refractivity contribution in [1.29, 1.82) is 0 Å². The molecule has 0 aliphatic rings. The third-order valence-electron chi connectivity index (χ3n) is 2.68. The topological polar surface area (TPSA) is 92.8 Å². The molecule has 0 atom stereocenters. The molecule has 0 saturated heterocycles. The molecule has 0 aliphatic heterocycles. The largest absolute Gasteiger partial charge is 0.456 e. The van der Waals surface area contributed by atoms with Crippen LogP contribution in [0.2, 0.25) is 5.02 Å². The number of carbonyl (C=O) groups excluding carboxylic acids is 2. The predicted molar refractivity (Wildman–Crippen MR) is 80.9 cm³/mol. The van der Waals surface area contributed by atoms with Gasteiger partial charge in [-0.25, -0.2) is 17.5 Å². The molecule has 0 fully saturated rings. The van der Waals surface area contributed by atoms with Crippen LogP contribution in [0.5, 0.6) is 0 Å². The maximum absolute atomic E-state index is 13.0. The van der Waals surface area contributed by atoms with E-state index in [0.717, 1.165) is 18.2 Å². The molecule has 23 heavy (non-hydrogen) atoms. The number of halogens is 2. The van der Waals surface area contributed by atoms with E-state index in [2.05, 4.69) is 9.46 Å². The molecule has 1 N–H and O–H groups in total. The first kappa shape index (κ1) is 19.3. The van der Waals surface area contributed by atoms with E-state index in [4.69, 9.17) is 11.6 Å². The van der Waals surface area contributed by atoms with Gasteiger partial charge in [-0.05, 0) is 18.2 Å². The molecular weight excluding hydrogens is 351 g/mol. The van der Waals surface area contributed by atoms with E-state index in [9.17, 15) is 22.4 Å². The molecule has 0 heterocycles. The summed E-state index contributed by atoms with van der Waals surface area (Å²) in [5, 5.41) is -0.325. The van der Waals surface area contributed by atoms with Gasteiger partial charge in [-0.1, -0.05) is 11.6 Å². The lowest BCUT2D eigenvalue weighted by Crippen LogP contribution is -2.29. The Balaban J connectivity index is 2.49. The highest BCUT2D eigenvalue weighted by atomic mass is 35.5. The molecule has 128 valence electrons. The third kappa shape index (κ3) is 6.12. The molecule has 1 rings (SSSR count). The van der Waals surface area contributed by atoms with E-state index in [-0.39, 0.29) is 28.8 Å². The summed E-state index contributed by atoms with van der Waals surface area (Å²) in [6.07, 6.45) is -0.255. The number of hydrogen-bond acceptors (Lipinski definition) is 5. The number of hydrogen-bond donors (Lipinski definition) is 1. The molecule has 1 aromatic rings. The van der Waals surface area contributed by atoms with Crippen molar-refractivity contribution in [3.63, 3.8) is 0 Å². The van der Waals surface area contributed by atoms with Crippen LogP contribution in [0.4, 0.5) is 4.39 Å². The number of benzene rings is 1. The maximum Gasteiger partial charge on any atom is 0.307 e. The van der Waals surface area contributed by atoms with E-state index in [1.165, 1.54) is 19.0 Å². The van der Waals surface area contributed by atoms with Crippen molar-refractivity contribution in [2.75, 3.05) is 27.2 Å². The monoisotopic (exact) mass is 366 g/mol. The van der Waals surface area contributed by atoms with Crippen LogP contribution < -0.4 is 4.72 Å². The van der Waals surface area contributed by atoms with Gasteiger partial charge in [0.15, 0.2) is 6.61 Å². The van der Waals surface area contributed by atoms with Crippen LogP contribution >= 0.6 is 11.6 Å². The molecule has 0 aliphatic carbocycles. The zero-order chi connectivity index (χ0) is 17.6. The Hall–Kier alpha value is -1.71. The number of amides is 1. The van der Waals surface area contributed by atoms with Crippen LogP contribution in [0.1, 0.15) is 6.42 Å². The van der Waals surface area contributed by atoms with Gasteiger partial charge in [-0.15, -0.1) is 0 Å². The zero-order valence-corrected chi connectivity index (χ0v) is 14.1. The number of sulfonamides is 1. The maximum atomic E-state index is 13.0. The number of nitrogens with zero attached hydrogens (tertiary/aromatic N) is 1. The highest BCUT2D eigenvalue weighted by Crippen LogP contribution is 2.19. The Morgan fingerprint density at radius 3 is 2.57 bits per heavy atom. The second-order valence-electron chi connectivity index (χ2n) is 4.67. The van der Waals surface area contributed by atoms with Gasteiger partial charge in [0.2, 0.25) is 10.0 Å². The molecular formula is C13H16ClFN2O5S. The number of carbonyl (C=O) groups is 2. The van der Waals surface area contributed by atoms with Gasteiger partial charge in [0.25, 0.3) is 5.91 Å². The molecule has 10 heteroatoms. The van der Waals surface area contributed by atoms with Crippen LogP contribution in [-0.4, -0.2) is 52.4 Å². The molecule has 0 spiro atoms. The first-order valence-electron chi connectivity index (χ1n) is 6.44. The van der Waals surface area contributed by atoms with Gasteiger partial charge in [-0.3, -0.25) is 9.59 Å². The van der Waals surface area contributed by atoms with Crippen molar-refractivity contribution in [3.8, 4) is 0 Å². The molecule has 0 saturated carbocycles. The summed E-state index contributed by atoms with van der Waals surface area (Å²) in [5.41, 5.74) is 0. The van der Waals surface area contributed by atoms with Gasteiger partial charge in [0.05, 0.1) is 16.3 Å². The van der Waals surface area contributed by atoms with Crippen LogP contribution in [-0.2, 0) is 24.3 Å². The van der Waals surface area contributed by atoms with E-state index >= 15 is 0 Å². The summed E-state index contributed by atoms with van der Waals surface area (Å²) in [6.45, 7) is -0.640. The SMILES string of the molecule is CN(C)C(=O)COC(=O)CCNS(=O)(=O)c1ccc(F)c(Cl)c1. The van der Waals surface area contributed by atoms with Gasteiger partial charge in [-0.2, -0.15) is 0 Å². The standard InChI is InChI=1S/C13H16ClFN2O5S/c1-17(2)12(18)8-22-13(19)5-6-16-23(20,21)9-3-4-11(15)10(14)7-9/h3-4,7,16H,5-6,8H2,1-2H3. The lowest BCUT2D eigenvalue weighted by Gasteiger charge is -2.10. The fraction of sp³-hybridized carbons (Fsp3) is 0.385. The van der Waals surface area contributed by atoms with Gasteiger partial charge in [0, 0.05) is 20.6 Å². The smallest absolute Gasteiger partial charge is 0.307 e. The van der Waals surface area contributed by atoms with Crippen LogP contribution in [0.3, 0.4) is 0 Å². The molecule has 0 bridgehead atoms. The molecule has 1 amide bonds. The average Bonchev–Trinajstić information content (AvgIpc) is 2.47. The van der Waals surface area contributed by atoms with Gasteiger partial charge >= 0.3 is 5.97 Å². The average molecular weight is 367 g/mol. The first-order chi connectivity index (χ1) is 10.6. The van der Waals surface area contributed by atoms with Crippen molar-refractivity contribution < 1.29 is 27.1 Å². The van der Waals surface area contributed by atoms with Crippen molar-refractivity contribution in [3.05, 3.63) is 29.0 Å². The van der Waals surface area contributed by atoms with Crippen molar-refractivity contribution in [2.24, 2.45) is 0 Å². The van der Waals surface area contributed by atoms with Gasteiger partial charge < -0.3 is 9.64 Å². The lowest BCUT2D eigenvalue weighted by atomic mass is 10.3. The van der Waals surface area contributed by atoms with E-state index < -0.39 is 28.4 Å². The molecule has 0 unspecified atom stereocenters. The fourth-order valence-electron chi connectivity index (χ4n) is 1.36. The number of ether oxygens (including phenoxy) is 1. The highest BCUT2D eigenvalue weighted by molar-refractivity contribution is 7.89. The molecule has 7 nitrogen and oxygen atoms in total. The van der Waals surface area contributed by atoms with Crippen molar-refractivity contribution in [2.45, 2.75) is 11.3 Å². The van der Waals surface area contributed by atoms with Crippen LogP contribution in [0.25, 0.3) is 0 Å². The normalized spacial score (nSPS) is 11.1. The summed E-state index contributed by atoms with van der Waals surface area (Å²) < 4.78 is 43.7. The Morgan fingerprint density at radius 1 is 1.35 bits per heavy atom. The second kappa shape index (κ2) is 8.23.